The van der Waals surface area contributed by atoms with Gasteiger partial charge in [0.25, 0.3) is 0 Å². The summed E-state index contributed by atoms with van der Waals surface area (Å²) >= 11 is 0. The van der Waals surface area contributed by atoms with Gasteiger partial charge in [0, 0.05) is 12.6 Å². The molecular formula is C15H32N2O2. The number of carbonyl (C=O) groups excluding carboxylic acids is 1. The maximum Gasteiger partial charge on any atom is 0.326 e. The fourth-order valence-electron chi connectivity index (χ4n) is 2.41. The van der Waals surface area contributed by atoms with Crippen LogP contribution in [0.5, 0.6) is 0 Å². The second-order valence-corrected chi connectivity index (χ2v) is 5.97. The largest absolute Gasteiger partial charge is 0.465 e. The van der Waals surface area contributed by atoms with Crippen molar-refractivity contribution in [1.82, 2.24) is 10.2 Å². The minimum absolute atomic E-state index is 0.151. The molecule has 2 unspecified atom stereocenters. The van der Waals surface area contributed by atoms with E-state index >= 15 is 0 Å². The zero-order valence-electron chi connectivity index (χ0n) is 13.7. The smallest absolute Gasteiger partial charge is 0.326 e. The molecule has 19 heavy (non-hydrogen) atoms. The summed E-state index contributed by atoms with van der Waals surface area (Å²) in [6, 6.07) is 0.329. The molecule has 0 bridgehead atoms. The van der Waals surface area contributed by atoms with Gasteiger partial charge < -0.3 is 15.0 Å². The lowest BCUT2D eigenvalue weighted by atomic mass is 9.92. The molecule has 4 nitrogen and oxygen atoms in total. The van der Waals surface area contributed by atoms with Gasteiger partial charge in [-0.2, -0.15) is 0 Å². The van der Waals surface area contributed by atoms with Gasteiger partial charge in [0.2, 0.25) is 0 Å². The molecule has 0 amide bonds. The Morgan fingerprint density at radius 3 is 2.32 bits per heavy atom. The SMILES string of the molecule is CCNC(C)(CC(C)N(C)CC(C)C)C(=O)OCC. The van der Waals surface area contributed by atoms with Gasteiger partial charge in [-0.25, -0.2) is 0 Å². The van der Waals surface area contributed by atoms with E-state index in [4.69, 9.17) is 4.74 Å². The number of hydrogen-bond acceptors (Lipinski definition) is 4. The second kappa shape index (κ2) is 8.54. The summed E-state index contributed by atoms with van der Waals surface area (Å²) in [5.41, 5.74) is -0.602. The summed E-state index contributed by atoms with van der Waals surface area (Å²) in [6.07, 6.45) is 0.753. The van der Waals surface area contributed by atoms with E-state index in [9.17, 15) is 4.79 Å². The van der Waals surface area contributed by atoms with Gasteiger partial charge in [0.05, 0.1) is 6.61 Å². The molecule has 0 aliphatic carbocycles. The third-order valence-electron chi connectivity index (χ3n) is 3.40. The summed E-state index contributed by atoms with van der Waals surface area (Å²) in [4.78, 5) is 14.4. The van der Waals surface area contributed by atoms with Gasteiger partial charge in [-0.1, -0.05) is 20.8 Å². The van der Waals surface area contributed by atoms with Crippen LogP contribution in [0.1, 0.15) is 48.0 Å². The fourth-order valence-corrected chi connectivity index (χ4v) is 2.41. The average Bonchev–Trinajstić information content (AvgIpc) is 2.28. The first-order chi connectivity index (χ1) is 8.76. The average molecular weight is 272 g/mol. The van der Waals surface area contributed by atoms with Crippen LogP contribution in [0.4, 0.5) is 0 Å². The Balaban J connectivity index is 4.68. The molecule has 0 heterocycles. The van der Waals surface area contributed by atoms with Gasteiger partial charge in [-0.3, -0.25) is 4.79 Å². The van der Waals surface area contributed by atoms with Crippen molar-refractivity contribution in [3.8, 4) is 0 Å². The van der Waals surface area contributed by atoms with Crippen LogP contribution < -0.4 is 5.32 Å². The Bertz CT molecular complexity index is 269. The Morgan fingerprint density at radius 1 is 1.32 bits per heavy atom. The highest BCUT2D eigenvalue weighted by Gasteiger charge is 2.36. The number of nitrogens with zero attached hydrogens (tertiary/aromatic N) is 1. The van der Waals surface area contributed by atoms with Crippen LogP contribution in [0, 0.1) is 5.92 Å². The Kier molecular flexibility index (Phi) is 8.26. The molecule has 1 N–H and O–H groups in total. The van der Waals surface area contributed by atoms with Crippen molar-refractivity contribution in [2.75, 3.05) is 26.7 Å². The van der Waals surface area contributed by atoms with Crippen molar-refractivity contribution in [1.29, 1.82) is 0 Å². The Morgan fingerprint density at radius 2 is 1.89 bits per heavy atom. The predicted molar refractivity (Wildman–Crippen MR) is 80.3 cm³/mol. The summed E-state index contributed by atoms with van der Waals surface area (Å²) in [5, 5.41) is 3.28. The molecule has 0 aromatic carbocycles. The normalized spacial score (nSPS) is 16.5. The second-order valence-electron chi connectivity index (χ2n) is 5.97. The maximum atomic E-state index is 12.1. The molecular weight excluding hydrogens is 240 g/mol. The van der Waals surface area contributed by atoms with Crippen molar-refractivity contribution >= 4 is 5.97 Å². The molecule has 0 saturated carbocycles. The molecule has 2 atom stereocenters. The Labute approximate surface area is 118 Å². The number of hydrogen-bond donors (Lipinski definition) is 1. The first-order valence-corrected chi connectivity index (χ1v) is 7.39. The molecule has 0 saturated heterocycles. The van der Waals surface area contributed by atoms with Crippen LogP contribution in [-0.4, -0.2) is 49.2 Å². The first kappa shape index (κ1) is 18.4. The summed E-state index contributed by atoms with van der Waals surface area (Å²) in [7, 11) is 2.11. The standard InChI is InChI=1S/C15H32N2O2/c1-8-16-15(6,14(18)19-9-2)10-13(5)17(7)11-12(3)4/h12-13,16H,8-11H2,1-7H3. The lowest BCUT2D eigenvalue weighted by molar-refractivity contribution is -0.151. The molecule has 4 heteroatoms. The van der Waals surface area contributed by atoms with Gasteiger partial charge in [-0.15, -0.1) is 0 Å². The number of rotatable bonds is 9. The first-order valence-electron chi connectivity index (χ1n) is 7.39. The molecule has 0 aliphatic rings. The predicted octanol–water partition coefficient (Wildman–Crippen LogP) is 2.28. The molecule has 0 aromatic heterocycles. The Hall–Kier alpha value is -0.610. The van der Waals surface area contributed by atoms with Gasteiger partial charge >= 0.3 is 5.97 Å². The molecule has 0 spiro atoms. The number of likely N-dealkylation sites (N-methyl/N-ethyl adjacent to an activating group) is 1. The van der Waals surface area contributed by atoms with Crippen molar-refractivity contribution in [3.63, 3.8) is 0 Å². The number of nitrogens with one attached hydrogen (secondary N) is 1. The van der Waals surface area contributed by atoms with Crippen LogP contribution in [0.2, 0.25) is 0 Å². The highest BCUT2D eigenvalue weighted by molar-refractivity contribution is 5.80. The van der Waals surface area contributed by atoms with E-state index in [1.54, 1.807) is 0 Å². The van der Waals surface area contributed by atoms with E-state index in [1.165, 1.54) is 0 Å². The van der Waals surface area contributed by atoms with E-state index in [0.29, 0.717) is 18.6 Å². The molecule has 0 aliphatic heterocycles. The highest BCUT2D eigenvalue weighted by atomic mass is 16.5. The number of esters is 1. The number of carbonyl (C=O) groups is 1. The van der Waals surface area contributed by atoms with Crippen molar-refractivity contribution in [2.45, 2.75) is 59.5 Å². The summed E-state index contributed by atoms with van der Waals surface area (Å²) in [5.74, 6) is 0.474. The van der Waals surface area contributed by atoms with Crippen LogP contribution in [0.15, 0.2) is 0 Å². The van der Waals surface area contributed by atoms with Crippen molar-refractivity contribution in [2.24, 2.45) is 5.92 Å². The monoisotopic (exact) mass is 272 g/mol. The fraction of sp³-hybridized carbons (Fsp3) is 0.933. The minimum Gasteiger partial charge on any atom is -0.465 e. The van der Waals surface area contributed by atoms with E-state index < -0.39 is 5.54 Å². The third kappa shape index (κ3) is 6.39. The lowest BCUT2D eigenvalue weighted by Crippen LogP contribution is -2.54. The molecule has 114 valence electrons. The minimum atomic E-state index is -0.602. The van der Waals surface area contributed by atoms with E-state index in [1.807, 2.05) is 20.8 Å². The van der Waals surface area contributed by atoms with Crippen molar-refractivity contribution < 1.29 is 9.53 Å². The molecule has 0 rings (SSSR count). The van der Waals surface area contributed by atoms with Gasteiger partial charge in [-0.05, 0) is 46.7 Å². The quantitative estimate of drug-likeness (QED) is 0.654. The highest BCUT2D eigenvalue weighted by Crippen LogP contribution is 2.18. The molecule has 0 fully saturated rings. The van der Waals surface area contributed by atoms with Crippen molar-refractivity contribution in [3.05, 3.63) is 0 Å². The van der Waals surface area contributed by atoms with Gasteiger partial charge in [0.15, 0.2) is 0 Å². The summed E-state index contributed by atoms with van der Waals surface area (Å²) < 4.78 is 5.20. The van der Waals surface area contributed by atoms with Crippen LogP contribution in [0.3, 0.4) is 0 Å². The maximum absolute atomic E-state index is 12.1. The zero-order valence-corrected chi connectivity index (χ0v) is 13.7. The van der Waals surface area contributed by atoms with Crippen LogP contribution in [0.25, 0.3) is 0 Å². The van der Waals surface area contributed by atoms with E-state index in [-0.39, 0.29) is 5.97 Å². The van der Waals surface area contributed by atoms with E-state index in [0.717, 1.165) is 19.5 Å². The zero-order chi connectivity index (χ0) is 15.1. The van der Waals surface area contributed by atoms with Crippen LogP contribution in [-0.2, 0) is 9.53 Å². The topological polar surface area (TPSA) is 41.6 Å². The van der Waals surface area contributed by atoms with E-state index in [2.05, 4.69) is 38.0 Å². The number of ether oxygens (including phenoxy) is 1. The molecule has 0 radical (unpaired) electrons. The molecule has 0 aromatic rings. The lowest BCUT2D eigenvalue weighted by Gasteiger charge is -2.35. The van der Waals surface area contributed by atoms with Crippen LogP contribution >= 0.6 is 0 Å². The summed E-state index contributed by atoms with van der Waals surface area (Å²) in [6.45, 7) is 14.6. The van der Waals surface area contributed by atoms with Gasteiger partial charge in [0.1, 0.15) is 5.54 Å². The third-order valence-corrected chi connectivity index (χ3v) is 3.40.